The van der Waals surface area contributed by atoms with E-state index in [1.165, 1.54) is 19.3 Å². The number of ether oxygens (including phenoxy) is 1. The quantitative estimate of drug-likeness (QED) is 0.871. The molecule has 4 fully saturated rings. The zero-order valence-electron chi connectivity index (χ0n) is 13.7. The summed E-state index contributed by atoms with van der Waals surface area (Å²) >= 11 is 0. The standard InChI is InChI=1S/C19H25NO2.ClH/c1-22-17-4-2-16(3-5-17)20-12-18(21)19-9-13-6-14(10-19)8-15(7-13)11-19;/h2-5,13-15,20H,6-12H2,1H3;1H. The van der Waals surface area contributed by atoms with Crippen molar-refractivity contribution in [1.82, 2.24) is 0 Å². The fraction of sp³-hybridized carbons (Fsp3) is 0.632. The molecule has 1 aromatic rings. The monoisotopic (exact) mass is 335 g/mol. The number of carbonyl (C=O) groups excluding carboxylic acids is 1. The number of methoxy groups -OCH3 is 1. The average Bonchev–Trinajstić information content (AvgIpc) is 2.51. The van der Waals surface area contributed by atoms with Crippen molar-refractivity contribution in [2.24, 2.45) is 23.2 Å². The second-order valence-electron chi connectivity index (χ2n) is 7.70. The fourth-order valence-electron chi connectivity index (χ4n) is 5.53. The summed E-state index contributed by atoms with van der Waals surface area (Å²) in [5.74, 6) is 3.78. The van der Waals surface area contributed by atoms with Gasteiger partial charge in [-0.3, -0.25) is 4.79 Å². The van der Waals surface area contributed by atoms with E-state index in [2.05, 4.69) is 5.32 Å². The number of rotatable bonds is 5. The first kappa shape index (κ1) is 16.6. The number of carbonyl (C=O) groups is 1. The van der Waals surface area contributed by atoms with Crippen molar-refractivity contribution in [3.8, 4) is 5.75 Å². The van der Waals surface area contributed by atoms with Gasteiger partial charge in [0.2, 0.25) is 0 Å². The Morgan fingerprint density at radius 3 is 2.09 bits per heavy atom. The second kappa shape index (κ2) is 6.35. The lowest BCUT2D eigenvalue weighted by molar-refractivity contribution is -0.141. The van der Waals surface area contributed by atoms with Gasteiger partial charge in [-0.15, -0.1) is 12.4 Å². The van der Waals surface area contributed by atoms with E-state index >= 15 is 0 Å². The number of hydrogen-bond acceptors (Lipinski definition) is 3. The second-order valence-corrected chi connectivity index (χ2v) is 7.70. The van der Waals surface area contributed by atoms with E-state index in [9.17, 15) is 4.79 Å². The Labute approximate surface area is 144 Å². The predicted octanol–water partition coefficient (Wildman–Crippen LogP) is 4.31. The molecule has 4 saturated carbocycles. The highest BCUT2D eigenvalue weighted by atomic mass is 35.5. The Kier molecular flexibility index (Phi) is 4.59. The summed E-state index contributed by atoms with van der Waals surface area (Å²) in [6, 6.07) is 7.81. The van der Waals surface area contributed by atoms with E-state index in [0.717, 1.165) is 48.5 Å². The van der Waals surface area contributed by atoms with E-state index in [0.29, 0.717) is 12.3 Å². The van der Waals surface area contributed by atoms with E-state index in [4.69, 9.17) is 4.74 Å². The van der Waals surface area contributed by atoms with Crippen LogP contribution in [0.5, 0.6) is 5.75 Å². The van der Waals surface area contributed by atoms with Gasteiger partial charge in [-0.1, -0.05) is 0 Å². The topological polar surface area (TPSA) is 38.3 Å². The molecular formula is C19H26ClNO2. The van der Waals surface area contributed by atoms with Gasteiger partial charge in [-0.25, -0.2) is 0 Å². The highest BCUT2D eigenvalue weighted by molar-refractivity contribution is 5.89. The molecule has 4 bridgehead atoms. The maximum atomic E-state index is 12.9. The number of hydrogen-bond donors (Lipinski definition) is 1. The number of halogens is 1. The Bertz CT molecular complexity index is 534. The van der Waals surface area contributed by atoms with E-state index < -0.39 is 0 Å². The zero-order valence-corrected chi connectivity index (χ0v) is 14.5. The van der Waals surface area contributed by atoms with E-state index in [1.54, 1.807) is 7.11 Å². The molecular weight excluding hydrogens is 310 g/mol. The van der Waals surface area contributed by atoms with Crippen molar-refractivity contribution in [2.45, 2.75) is 38.5 Å². The molecule has 0 amide bonds. The summed E-state index contributed by atoms with van der Waals surface area (Å²) in [5.41, 5.74) is 1.01. The van der Waals surface area contributed by atoms with Gasteiger partial charge in [0.15, 0.2) is 5.78 Å². The molecule has 23 heavy (non-hydrogen) atoms. The number of benzene rings is 1. The van der Waals surface area contributed by atoms with Crippen LogP contribution in [0.25, 0.3) is 0 Å². The molecule has 5 rings (SSSR count). The Balaban J connectivity index is 0.00000156. The van der Waals surface area contributed by atoms with Crippen molar-refractivity contribution < 1.29 is 9.53 Å². The lowest BCUT2D eigenvalue weighted by atomic mass is 9.48. The number of anilines is 1. The fourth-order valence-corrected chi connectivity index (χ4v) is 5.53. The van der Waals surface area contributed by atoms with Gasteiger partial charge in [-0.05, 0) is 80.5 Å². The van der Waals surface area contributed by atoms with Crippen LogP contribution in [-0.2, 0) is 4.79 Å². The highest BCUT2D eigenvalue weighted by Gasteiger charge is 2.53. The minimum atomic E-state index is 0. The van der Waals surface area contributed by atoms with Gasteiger partial charge in [0.1, 0.15) is 5.75 Å². The normalized spacial score (nSPS) is 33.9. The first-order valence-electron chi connectivity index (χ1n) is 8.58. The van der Waals surface area contributed by atoms with Gasteiger partial charge in [0.05, 0.1) is 13.7 Å². The third kappa shape index (κ3) is 3.08. The largest absolute Gasteiger partial charge is 0.497 e. The smallest absolute Gasteiger partial charge is 0.158 e. The van der Waals surface area contributed by atoms with E-state index in [-0.39, 0.29) is 17.8 Å². The first-order chi connectivity index (χ1) is 10.7. The summed E-state index contributed by atoms with van der Waals surface area (Å²) < 4.78 is 5.16. The molecule has 3 nitrogen and oxygen atoms in total. The zero-order chi connectivity index (χ0) is 15.2. The van der Waals surface area contributed by atoms with Crippen LogP contribution in [0.15, 0.2) is 24.3 Å². The van der Waals surface area contributed by atoms with Crippen LogP contribution in [0.1, 0.15) is 38.5 Å². The molecule has 0 radical (unpaired) electrons. The van der Waals surface area contributed by atoms with Crippen LogP contribution in [-0.4, -0.2) is 19.4 Å². The van der Waals surface area contributed by atoms with Gasteiger partial charge < -0.3 is 10.1 Å². The maximum Gasteiger partial charge on any atom is 0.158 e. The first-order valence-corrected chi connectivity index (χ1v) is 8.58. The summed E-state index contributed by atoms with van der Waals surface area (Å²) in [6.07, 6.45) is 7.63. The lowest BCUT2D eigenvalue weighted by Gasteiger charge is -2.56. The third-order valence-electron chi connectivity index (χ3n) is 6.17. The summed E-state index contributed by atoms with van der Waals surface area (Å²) in [6.45, 7) is 0.471. The number of Topliss-reactive ketones (excluding diaryl/α,β-unsaturated/α-hetero) is 1. The molecule has 4 aliphatic rings. The van der Waals surface area contributed by atoms with Crippen LogP contribution in [0, 0.1) is 23.2 Å². The Morgan fingerprint density at radius 1 is 1.09 bits per heavy atom. The summed E-state index contributed by atoms with van der Waals surface area (Å²) in [7, 11) is 1.67. The molecule has 1 aromatic carbocycles. The van der Waals surface area contributed by atoms with Crippen LogP contribution in [0.3, 0.4) is 0 Å². The van der Waals surface area contributed by atoms with Gasteiger partial charge in [-0.2, -0.15) is 0 Å². The molecule has 0 aromatic heterocycles. The van der Waals surface area contributed by atoms with Crippen molar-refractivity contribution in [3.63, 3.8) is 0 Å². The van der Waals surface area contributed by atoms with Crippen molar-refractivity contribution >= 4 is 23.9 Å². The molecule has 126 valence electrons. The maximum absolute atomic E-state index is 12.9. The van der Waals surface area contributed by atoms with Crippen molar-refractivity contribution in [3.05, 3.63) is 24.3 Å². The van der Waals surface area contributed by atoms with Crippen molar-refractivity contribution in [1.29, 1.82) is 0 Å². The third-order valence-corrected chi connectivity index (χ3v) is 6.17. The summed E-state index contributed by atoms with van der Waals surface area (Å²) in [5, 5.41) is 3.32. The minimum absolute atomic E-state index is 0. The average molecular weight is 336 g/mol. The van der Waals surface area contributed by atoms with Crippen molar-refractivity contribution in [2.75, 3.05) is 19.0 Å². The molecule has 0 heterocycles. The van der Waals surface area contributed by atoms with E-state index in [1.807, 2.05) is 24.3 Å². The molecule has 0 saturated heterocycles. The lowest BCUT2D eigenvalue weighted by Crippen LogP contribution is -2.51. The molecule has 0 aliphatic heterocycles. The molecule has 1 N–H and O–H groups in total. The Hall–Kier alpha value is -1.22. The van der Waals surface area contributed by atoms with Gasteiger partial charge in [0, 0.05) is 11.1 Å². The van der Waals surface area contributed by atoms with Gasteiger partial charge >= 0.3 is 0 Å². The molecule has 0 unspecified atom stereocenters. The Morgan fingerprint density at radius 2 is 1.61 bits per heavy atom. The van der Waals surface area contributed by atoms with Crippen LogP contribution in [0.2, 0.25) is 0 Å². The molecule has 0 spiro atoms. The highest BCUT2D eigenvalue weighted by Crippen LogP contribution is 2.60. The van der Waals surface area contributed by atoms with Gasteiger partial charge in [0.25, 0.3) is 0 Å². The number of ketones is 1. The molecule has 4 heteroatoms. The molecule has 0 atom stereocenters. The number of nitrogens with one attached hydrogen (secondary N) is 1. The van der Waals surface area contributed by atoms with Crippen LogP contribution >= 0.6 is 12.4 Å². The molecule has 4 aliphatic carbocycles. The van der Waals surface area contributed by atoms with Crippen LogP contribution in [0.4, 0.5) is 5.69 Å². The predicted molar refractivity (Wildman–Crippen MR) is 94.3 cm³/mol. The summed E-state index contributed by atoms with van der Waals surface area (Å²) in [4.78, 5) is 12.9. The van der Waals surface area contributed by atoms with Crippen LogP contribution < -0.4 is 10.1 Å². The minimum Gasteiger partial charge on any atom is -0.497 e. The SMILES string of the molecule is COc1ccc(NCC(=O)C23CC4CC(CC(C4)C2)C3)cc1.Cl.